The average molecular weight is 308 g/mol. The standard InChI is InChI=1S/C16H9FN4O2/c17-11-3-1-2-10(6-11)16-13(8-18)19-20-21(16)12-4-5-14-15(7-12)23-9-22-14/h1-7H,9H2. The van der Waals surface area contributed by atoms with Crippen molar-refractivity contribution in [2.75, 3.05) is 6.79 Å². The van der Waals surface area contributed by atoms with Gasteiger partial charge >= 0.3 is 0 Å². The summed E-state index contributed by atoms with van der Waals surface area (Å²) in [7, 11) is 0. The molecule has 0 radical (unpaired) electrons. The van der Waals surface area contributed by atoms with Crippen molar-refractivity contribution in [2.24, 2.45) is 0 Å². The minimum atomic E-state index is -0.398. The summed E-state index contributed by atoms with van der Waals surface area (Å²) in [6, 6.07) is 13.2. The van der Waals surface area contributed by atoms with Crippen molar-refractivity contribution in [3.8, 4) is 34.5 Å². The Labute approximate surface area is 130 Å². The van der Waals surface area contributed by atoms with Crippen molar-refractivity contribution in [1.29, 1.82) is 5.26 Å². The Balaban J connectivity index is 1.90. The number of ether oxygens (including phenoxy) is 2. The van der Waals surface area contributed by atoms with Crippen LogP contribution in [0.3, 0.4) is 0 Å². The summed E-state index contributed by atoms with van der Waals surface area (Å²) < 4.78 is 25.6. The van der Waals surface area contributed by atoms with Gasteiger partial charge in [-0.15, -0.1) is 5.10 Å². The van der Waals surface area contributed by atoms with E-state index in [4.69, 9.17) is 9.47 Å². The van der Waals surface area contributed by atoms with Crippen LogP contribution >= 0.6 is 0 Å². The molecule has 0 fully saturated rings. The molecule has 1 aliphatic rings. The number of nitriles is 1. The van der Waals surface area contributed by atoms with Gasteiger partial charge in [0.15, 0.2) is 17.2 Å². The first-order valence-corrected chi connectivity index (χ1v) is 6.78. The molecule has 6 nitrogen and oxygen atoms in total. The van der Waals surface area contributed by atoms with Crippen LogP contribution in [-0.2, 0) is 0 Å². The molecule has 0 spiro atoms. The minimum absolute atomic E-state index is 0.119. The van der Waals surface area contributed by atoms with E-state index in [1.807, 2.05) is 6.07 Å². The second-order valence-corrected chi connectivity index (χ2v) is 4.86. The highest BCUT2D eigenvalue weighted by molar-refractivity contribution is 5.67. The molecule has 7 heteroatoms. The van der Waals surface area contributed by atoms with E-state index in [-0.39, 0.29) is 12.5 Å². The summed E-state index contributed by atoms with van der Waals surface area (Å²) in [5.74, 6) is 0.827. The molecule has 23 heavy (non-hydrogen) atoms. The smallest absolute Gasteiger partial charge is 0.231 e. The lowest BCUT2D eigenvalue weighted by molar-refractivity contribution is 0.174. The molecule has 4 rings (SSSR count). The number of rotatable bonds is 2. The van der Waals surface area contributed by atoms with Gasteiger partial charge in [0, 0.05) is 11.6 Å². The number of hydrogen-bond donors (Lipinski definition) is 0. The van der Waals surface area contributed by atoms with Gasteiger partial charge in [0.05, 0.1) is 5.69 Å². The molecular formula is C16H9FN4O2. The van der Waals surface area contributed by atoms with Crippen LogP contribution in [0.25, 0.3) is 16.9 Å². The van der Waals surface area contributed by atoms with E-state index >= 15 is 0 Å². The Hall–Kier alpha value is -3.40. The van der Waals surface area contributed by atoms with Crippen LogP contribution in [0, 0.1) is 17.1 Å². The van der Waals surface area contributed by atoms with Crippen molar-refractivity contribution in [3.05, 3.63) is 54.0 Å². The molecule has 0 bridgehead atoms. The summed E-state index contributed by atoms with van der Waals surface area (Å²) in [5.41, 5.74) is 1.70. The van der Waals surface area contributed by atoms with Gasteiger partial charge in [-0.25, -0.2) is 9.07 Å². The van der Waals surface area contributed by atoms with Crippen molar-refractivity contribution in [2.45, 2.75) is 0 Å². The fourth-order valence-corrected chi connectivity index (χ4v) is 2.45. The molecule has 0 unspecified atom stereocenters. The Morgan fingerprint density at radius 3 is 2.83 bits per heavy atom. The molecule has 0 N–H and O–H groups in total. The Bertz CT molecular complexity index is 945. The van der Waals surface area contributed by atoms with E-state index in [2.05, 4.69) is 10.3 Å². The molecule has 3 aromatic rings. The number of benzene rings is 2. The maximum absolute atomic E-state index is 13.5. The van der Waals surface area contributed by atoms with E-state index in [0.717, 1.165) is 0 Å². The number of fused-ring (bicyclic) bond motifs is 1. The quantitative estimate of drug-likeness (QED) is 0.727. The zero-order chi connectivity index (χ0) is 15.8. The highest BCUT2D eigenvalue weighted by Crippen LogP contribution is 2.35. The molecule has 0 aliphatic carbocycles. The van der Waals surface area contributed by atoms with Crippen molar-refractivity contribution in [3.63, 3.8) is 0 Å². The Morgan fingerprint density at radius 2 is 2.00 bits per heavy atom. The number of nitrogens with zero attached hydrogens (tertiary/aromatic N) is 4. The fourth-order valence-electron chi connectivity index (χ4n) is 2.45. The van der Waals surface area contributed by atoms with Crippen LogP contribution in [0.1, 0.15) is 5.69 Å². The first kappa shape index (κ1) is 13.3. The monoisotopic (exact) mass is 308 g/mol. The highest BCUT2D eigenvalue weighted by Gasteiger charge is 2.19. The molecule has 2 aromatic carbocycles. The summed E-state index contributed by atoms with van der Waals surface area (Å²) in [6.07, 6.45) is 0. The molecule has 0 saturated carbocycles. The predicted octanol–water partition coefficient (Wildman–Crippen LogP) is 2.67. The zero-order valence-electron chi connectivity index (χ0n) is 11.7. The molecule has 1 aliphatic heterocycles. The van der Waals surface area contributed by atoms with Gasteiger partial charge in [-0.2, -0.15) is 5.26 Å². The first-order chi connectivity index (χ1) is 11.3. The van der Waals surface area contributed by atoms with Crippen LogP contribution in [0.15, 0.2) is 42.5 Å². The van der Waals surface area contributed by atoms with Gasteiger partial charge < -0.3 is 9.47 Å². The summed E-state index contributed by atoms with van der Waals surface area (Å²) in [6.45, 7) is 0.163. The SMILES string of the molecule is N#Cc1nnn(-c2ccc3c(c2)OCO3)c1-c1cccc(F)c1. The topological polar surface area (TPSA) is 73.0 Å². The van der Waals surface area contributed by atoms with Crippen LogP contribution in [0.4, 0.5) is 4.39 Å². The highest BCUT2D eigenvalue weighted by atomic mass is 19.1. The number of halogens is 1. The Kier molecular flexibility index (Phi) is 2.95. The van der Waals surface area contributed by atoms with E-state index < -0.39 is 5.82 Å². The summed E-state index contributed by atoms with van der Waals surface area (Å²) >= 11 is 0. The second kappa shape index (κ2) is 5.10. The lowest BCUT2D eigenvalue weighted by Crippen LogP contribution is -2.00. The van der Waals surface area contributed by atoms with Gasteiger partial charge in [0.2, 0.25) is 6.79 Å². The number of hydrogen-bond acceptors (Lipinski definition) is 5. The van der Waals surface area contributed by atoms with Gasteiger partial charge in [-0.3, -0.25) is 0 Å². The van der Waals surface area contributed by atoms with Crippen LogP contribution in [0.2, 0.25) is 0 Å². The van der Waals surface area contributed by atoms with Gasteiger partial charge in [0.25, 0.3) is 0 Å². The van der Waals surface area contributed by atoms with Crippen molar-refractivity contribution in [1.82, 2.24) is 15.0 Å². The van der Waals surface area contributed by atoms with E-state index in [1.165, 1.54) is 16.8 Å². The molecule has 0 saturated heterocycles. The van der Waals surface area contributed by atoms with Crippen LogP contribution in [-0.4, -0.2) is 21.8 Å². The van der Waals surface area contributed by atoms with Crippen molar-refractivity contribution >= 4 is 0 Å². The maximum Gasteiger partial charge on any atom is 0.231 e. The molecule has 0 atom stereocenters. The lowest BCUT2D eigenvalue weighted by atomic mass is 10.1. The van der Waals surface area contributed by atoms with Crippen LogP contribution in [0.5, 0.6) is 11.5 Å². The normalized spacial score (nSPS) is 12.2. The lowest BCUT2D eigenvalue weighted by Gasteiger charge is -2.07. The average Bonchev–Trinajstić information content (AvgIpc) is 3.20. The molecule has 2 heterocycles. The van der Waals surface area contributed by atoms with E-state index in [9.17, 15) is 9.65 Å². The minimum Gasteiger partial charge on any atom is -0.454 e. The molecular weight excluding hydrogens is 299 g/mol. The van der Waals surface area contributed by atoms with E-state index in [1.54, 1.807) is 30.3 Å². The Morgan fingerprint density at radius 1 is 1.13 bits per heavy atom. The third-order valence-electron chi connectivity index (χ3n) is 3.47. The third kappa shape index (κ3) is 2.17. The van der Waals surface area contributed by atoms with Gasteiger partial charge in [0.1, 0.15) is 17.6 Å². The zero-order valence-corrected chi connectivity index (χ0v) is 11.7. The summed E-state index contributed by atoms with van der Waals surface area (Å²) in [5, 5.41) is 17.1. The van der Waals surface area contributed by atoms with Crippen molar-refractivity contribution < 1.29 is 13.9 Å². The largest absolute Gasteiger partial charge is 0.454 e. The van der Waals surface area contributed by atoms with Gasteiger partial charge in [-0.1, -0.05) is 17.3 Å². The van der Waals surface area contributed by atoms with E-state index in [0.29, 0.717) is 28.4 Å². The fraction of sp³-hybridized carbons (Fsp3) is 0.0625. The third-order valence-corrected chi connectivity index (χ3v) is 3.47. The maximum atomic E-state index is 13.5. The predicted molar refractivity (Wildman–Crippen MR) is 77.6 cm³/mol. The summed E-state index contributed by atoms with van der Waals surface area (Å²) in [4.78, 5) is 0. The first-order valence-electron chi connectivity index (χ1n) is 6.78. The van der Waals surface area contributed by atoms with Gasteiger partial charge in [-0.05, 0) is 24.3 Å². The second-order valence-electron chi connectivity index (χ2n) is 4.86. The van der Waals surface area contributed by atoms with Crippen LogP contribution < -0.4 is 9.47 Å². The number of aromatic nitrogens is 3. The molecule has 1 aromatic heterocycles. The molecule has 112 valence electrons. The molecule has 0 amide bonds.